The van der Waals surface area contributed by atoms with Crippen LogP contribution in [-0.2, 0) is 9.59 Å². The molecule has 3 atom stereocenters. The predicted molar refractivity (Wildman–Crippen MR) is 94.3 cm³/mol. The van der Waals surface area contributed by atoms with Crippen molar-refractivity contribution in [1.29, 1.82) is 0 Å². The van der Waals surface area contributed by atoms with E-state index >= 15 is 0 Å². The van der Waals surface area contributed by atoms with Crippen LogP contribution in [0.1, 0.15) is 39.5 Å². The van der Waals surface area contributed by atoms with Gasteiger partial charge in [-0.25, -0.2) is 4.98 Å². The fourth-order valence-corrected chi connectivity index (χ4v) is 3.93. The summed E-state index contributed by atoms with van der Waals surface area (Å²) in [5.41, 5.74) is 2.76. The van der Waals surface area contributed by atoms with Gasteiger partial charge in [0, 0.05) is 18.2 Å². The number of rotatable bonds is 3. The second-order valence-electron chi connectivity index (χ2n) is 7.03. The van der Waals surface area contributed by atoms with Crippen LogP contribution in [0.3, 0.4) is 0 Å². The summed E-state index contributed by atoms with van der Waals surface area (Å²) < 4.78 is 0. The number of ketones is 1. The minimum atomic E-state index is -0.174. The first-order chi connectivity index (χ1) is 11.5. The Kier molecular flexibility index (Phi) is 4.65. The van der Waals surface area contributed by atoms with Crippen LogP contribution in [0.4, 0.5) is 5.82 Å². The van der Waals surface area contributed by atoms with Crippen LogP contribution in [0, 0.1) is 17.8 Å². The standard InChI is InChI=1S/C20H24N2O2/c1-12-7-8-15(10-17-14(3)18(23)11-16(12)17)13(2)20(24)22-19-6-4-5-9-21-19/h4-6,9,12,15-16H,2,7-8,10-11H2,1,3H3,(H,21,22,24)/t12?,15-,16?/m0/s1. The van der Waals surface area contributed by atoms with Crippen LogP contribution in [0.2, 0.25) is 0 Å². The molecule has 2 aliphatic carbocycles. The number of anilines is 1. The fraction of sp³-hybridized carbons (Fsp3) is 0.450. The number of nitrogens with zero attached hydrogens (tertiary/aromatic N) is 1. The summed E-state index contributed by atoms with van der Waals surface area (Å²) in [7, 11) is 0. The maximum absolute atomic E-state index is 12.5. The van der Waals surface area contributed by atoms with Gasteiger partial charge in [-0.3, -0.25) is 9.59 Å². The summed E-state index contributed by atoms with van der Waals surface area (Å²) in [6, 6.07) is 5.41. The summed E-state index contributed by atoms with van der Waals surface area (Å²) in [4.78, 5) is 28.7. The molecule has 2 unspecified atom stereocenters. The van der Waals surface area contributed by atoms with E-state index in [2.05, 4.69) is 23.8 Å². The van der Waals surface area contributed by atoms with E-state index in [1.54, 1.807) is 12.3 Å². The van der Waals surface area contributed by atoms with Crippen molar-refractivity contribution in [3.05, 3.63) is 47.7 Å². The van der Waals surface area contributed by atoms with Crippen LogP contribution in [0.25, 0.3) is 0 Å². The van der Waals surface area contributed by atoms with Crippen molar-refractivity contribution in [1.82, 2.24) is 4.98 Å². The first kappa shape index (κ1) is 16.6. The highest BCUT2D eigenvalue weighted by molar-refractivity contribution is 6.03. The van der Waals surface area contributed by atoms with Crippen LogP contribution >= 0.6 is 0 Å². The van der Waals surface area contributed by atoms with E-state index < -0.39 is 0 Å². The van der Waals surface area contributed by atoms with Crippen molar-refractivity contribution in [3.8, 4) is 0 Å². The van der Waals surface area contributed by atoms with Gasteiger partial charge in [0.2, 0.25) is 0 Å². The zero-order valence-electron chi connectivity index (χ0n) is 14.3. The van der Waals surface area contributed by atoms with E-state index in [0.717, 1.165) is 24.8 Å². The second-order valence-corrected chi connectivity index (χ2v) is 7.03. The number of nitrogens with one attached hydrogen (secondary N) is 1. The van der Waals surface area contributed by atoms with Gasteiger partial charge in [0.05, 0.1) is 0 Å². The van der Waals surface area contributed by atoms with Crippen molar-refractivity contribution in [2.45, 2.75) is 39.5 Å². The van der Waals surface area contributed by atoms with Crippen molar-refractivity contribution in [2.24, 2.45) is 17.8 Å². The molecule has 0 aliphatic heterocycles. The van der Waals surface area contributed by atoms with Gasteiger partial charge in [-0.2, -0.15) is 0 Å². The van der Waals surface area contributed by atoms with E-state index in [0.29, 0.717) is 29.6 Å². The molecule has 1 heterocycles. The third kappa shape index (κ3) is 3.18. The zero-order valence-corrected chi connectivity index (χ0v) is 14.3. The lowest BCUT2D eigenvalue weighted by Gasteiger charge is -2.19. The highest BCUT2D eigenvalue weighted by atomic mass is 16.1. The van der Waals surface area contributed by atoms with Gasteiger partial charge in [0.1, 0.15) is 5.82 Å². The minimum Gasteiger partial charge on any atom is -0.307 e. The molecule has 1 saturated carbocycles. The maximum atomic E-state index is 12.5. The number of hydrogen-bond acceptors (Lipinski definition) is 3. The van der Waals surface area contributed by atoms with E-state index in [4.69, 9.17) is 0 Å². The first-order valence-electron chi connectivity index (χ1n) is 8.61. The number of hydrogen-bond donors (Lipinski definition) is 1. The van der Waals surface area contributed by atoms with Crippen molar-refractivity contribution in [2.75, 3.05) is 5.32 Å². The lowest BCUT2D eigenvalue weighted by Crippen LogP contribution is -2.20. The summed E-state index contributed by atoms with van der Waals surface area (Å²) >= 11 is 0. The molecule has 126 valence electrons. The number of carbonyl (C=O) groups is 2. The SMILES string of the molecule is C=C(C(=O)Nc1ccccn1)[C@H]1CCC(C)C2CC(=O)C(C)=C2C1. The minimum absolute atomic E-state index is 0.0945. The van der Waals surface area contributed by atoms with Crippen molar-refractivity contribution >= 4 is 17.5 Å². The molecule has 0 aromatic carbocycles. The number of carbonyl (C=O) groups excluding carboxylic acids is 2. The highest BCUT2D eigenvalue weighted by Gasteiger charge is 2.37. The lowest BCUT2D eigenvalue weighted by atomic mass is 9.86. The number of allylic oxidation sites excluding steroid dienone is 2. The summed E-state index contributed by atoms with van der Waals surface area (Å²) in [5, 5.41) is 2.82. The molecule has 4 nitrogen and oxygen atoms in total. The average Bonchev–Trinajstić information content (AvgIpc) is 2.76. The monoisotopic (exact) mass is 324 g/mol. The van der Waals surface area contributed by atoms with Crippen molar-refractivity contribution in [3.63, 3.8) is 0 Å². The number of aromatic nitrogens is 1. The topological polar surface area (TPSA) is 59.1 Å². The summed E-state index contributed by atoms with van der Waals surface area (Å²) in [6.45, 7) is 8.20. The van der Waals surface area contributed by atoms with E-state index in [-0.39, 0.29) is 17.6 Å². The molecule has 1 aromatic rings. The Hall–Kier alpha value is -2.23. The van der Waals surface area contributed by atoms with E-state index in [1.165, 1.54) is 5.57 Å². The van der Waals surface area contributed by atoms with Gasteiger partial charge in [-0.1, -0.05) is 25.1 Å². The molecule has 0 radical (unpaired) electrons. The van der Waals surface area contributed by atoms with Crippen LogP contribution in [-0.4, -0.2) is 16.7 Å². The van der Waals surface area contributed by atoms with Gasteiger partial charge in [0.15, 0.2) is 5.78 Å². The Morgan fingerprint density at radius 3 is 2.79 bits per heavy atom. The molecule has 24 heavy (non-hydrogen) atoms. The Morgan fingerprint density at radius 1 is 1.29 bits per heavy atom. The van der Waals surface area contributed by atoms with Gasteiger partial charge < -0.3 is 5.32 Å². The largest absolute Gasteiger partial charge is 0.307 e. The van der Waals surface area contributed by atoms with E-state index in [9.17, 15) is 9.59 Å². The molecule has 0 spiro atoms. The number of amides is 1. The highest BCUT2D eigenvalue weighted by Crippen LogP contribution is 2.45. The summed E-state index contributed by atoms with van der Waals surface area (Å²) in [5.74, 6) is 1.57. The summed E-state index contributed by atoms with van der Waals surface area (Å²) in [6.07, 6.45) is 5.03. The smallest absolute Gasteiger partial charge is 0.252 e. The molecule has 1 amide bonds. The lowest BCUT2D eigenvalue weighted by molar-refractivity contribution is -0.115. The van der Waals surface area contributed by atoms with E-state index in [1.807, 2.05) is 19.1 Å². The number of pyridine rings is 1. The Bertz CT molecular complexity index is 706. The van der Waals surface area contributed by atoms with Crippen molar-refractivity contribution < 1.29 is 9.59 Å². The molecular weight excluding hydrogens is 300 g/mol. The van der Waals surface area contributed by atoms with Crippen LogP contribution in [0.15, 0.2) is 47.7 Å². The Balaban J connectivity index is 1.75. The Labute approximate surface area is 143 Å². The van der Waals surface area contributed by atoms with Gasteiger partial charge in [-0.05, 0) is 61.6 Å². The first-order valence-corrected chi connectivity index (χ1v) is 8.61. The van der Waals surface area contributed by atoms with Gasteiger partial charge >= 0.3 is 0 Å². The molecular formula is C20H24N2O2. The molecule has 4 heteroatoms. The molecule has 1 fully saturated rings. The maximum Gasteiger partial charge on any atom is 0.252 e. The number of fused-ring (bicyclic) bond motifs is 1. The predicted octanol–water partition coefficient (Wildman–Crippen LogP) is 3.92. The van der Waals surface area contributed by atoms with Gasteiger partial charge in [0.25, 0.3) is 5.91 Å². The molecule has 0 bridgehead atoms. The average molecular weight is 324 g/mol. The normalized spacial score (nSPS) is 26.8. The molecule has 2 aliphatic rings. The third-order valence-corrected chi connectivity index (χ3v) is 5.57. The molecule has 0 saturated heterocycles. The third-order valence-electron chi connectivity index (χ3n) is 5.57. The Morgan fingerprint density at radius 2 is 2.08 bits per heavy atom. The molecule has 1 N–H and O–H groups in total. The number of Topliss-reactive ketones (excluding diaryl/α,β-unsaturated/α-hetero) is 1. The fourth-order valence-electron chi connectivity index (χ4n) is 3.93. The van der Waals surface area contributed by atoms with Crippen LogP contribution in [0.5, 0.6) is 0 Å². The molecule has 3 rings (SSSR count). The van der Waals surface area contributed by atoms with Crippen LogP contribution < -0.4 is 5.32 Å². The zero-order chi connectivity index (χ0) is 17.3. The molecule has 1 aromatic heterocycles. The second kappa shape index (κ2) is 6.71. The quantitative estimate of drug-likeness (QED) is 0.857. The van der Waals surface area contributed by atoms with Gasteiger partial charge in [-0.15, -0.1) is 0 Å².